The molecule has 2 heteroatoms. The number of benzene rings is 2. The molecule has 1 unspecified atom stereocenters. The molecule has 1 heterocycles. The maximum absolute atomic E-state index is 2.67. The lowest BCUT2D eigenvalue weighted by Crippen LogP contribution is -2.35. The molecular formula is C29H44S2. The van der Waals surface area contributed by atoms with Crippen LogP contribution < -0.4 is 0 Å². The highest BCUT2D eigenvalue weighted by Gasteiger charge is 2.47. The molecule has 2 aliphatic rings. The van der Waals surface area contributed by atoms with Crippen molar-refractivity contribution in [3.8, 4) is 11.1 Å². The Morgan fingerprint density at radius 1 is 0.935 bits per heavy atom. The zero-order chi connectivity index (χ0) is 22.7. The molecule has 2 aromatic carbocycles. The Morgan fingerprint density at radius 3 is 2.10 bits per heavy atom. The fraction of sp³-hybridized carbons (Fsp3) is 0.586. The summed E-state index contributed by atoms with van der Waals surface area (Å²) in [5, 5.41) is 0. The highest BCUT2D eigenvalue weighted by atomic mass is 32.3. The summed E-state index contributed by atoms with van der Waals surface area (Å²) in [5.74, 6) is 0.738. The summed E-state index contributed by atoms with van der Waals surface area (Å²) in [6.07, 6.45) is 18.2. The van der Waals surface area contributed by atoms with Crippen molar-refractivity contribution in [3.05, 3.63) is 48.0 Å². The van der Waals surface area contributed by atoms with Gasteiger partial charge in [-0.05, 0) is 103 Å². The van der Waals surface area contributed by atoms with E-state index >= 15 is 0 Å². The van der Waals surface area contributed by atoms with Crippen LogP contribution in [0.1, 0.15) is 77.7 Å². The monoisotopic (exact) mass is 456 g/mol. The van der Waals surface area contributed by atoms with Gasteiger partial charge in [-0.1, -0.05) is 58.0 Å². The Bertz CT molecular complexity index is 955. The van der Waals surface area contributed by atoms with Crippen LogP contribution >= 0.6 is 20.1 Å². The van der Waals surface area contributed by atoms with E-state index in [1.165, 1.54) is 49.7 Å². The first kappa shape index (κ1) is 23.3. The minimum Gasteiger partial charge on any atom is -0.244 e. The van der Waals surface area contributed by atoms with Gasteiger partial charge in [-0.2, -0.15) is 10.0 Å². The third-order valence-electron chi connectivity index (χ3n) is 9.54. The molecule has 4 rings (SSSR count). The van der Waals surface area contributed by atoms with Crippen molar-refractivity contribution in [2.45, 2.75) is 91.4 Å². The minimum absolute atomic E-state index is 0.341. The highest BCUT2D eigenvalue weighted by molar-refractivity contribution is 8.34. The van der Waals surface area contributed by atoms with Gasteiger partial charge >= 0.3 is 0 Å². The summed E-state index contributed by atoms with van der Waals surface area (Å²) in [6.45, 7) is 9.93. The van der Waals surface area contributed by atoms with Crippen LogP contribution in [-0.4, -0.2) is 34.5 Å². The smallest absolute Gasteiger partial charge is 0.00438 e. The molecule has 0 nitrogen and oxygen atoms in total. The molecule has 172 valence electrons. The Balaban J connectivity index is 1.75. The van der Waals surface area contributed by atoms with Crippen molar-refractivity contribution in [2.24, 2.45) is 0 Å². The van der Waals surface area contributed by atoms with E-state index in [4.69, 9.17) is 0 Å². The van der Waals surface area contributed by atoms with Crippen LogP contribution in [0.3, 0.4) is 0 Å². The van der Waals surface area contributed by atoms with E-state index < -0.39 is 20.1 Å². The van der Waals surface area contributed by atoms with Crippen molar-refractivity contribution >= 4 is 20.1 Å². The molecular weight excluding hydrogens is 412 g/mol. The van der Waals surface area contributed by atoms with E-state index in [-0.39, 0.29) is 0 Å². The molecule has 1 aliphatic carbocycles. The van der Waals surface area contributed by atoms with Gasteiger partial charge in [-0.15, -0.1) is 0 Å². The zero-order valence-corrected chi connectivity index (χ0v) is 22.8. The van der Waals surface area contributed by atoms with Gasteiger partial charge in [0, 0.05) is 14.5 Å². The lowest BCUT2D eigenvalue weighted by Gasteiger charge is -2.51. The third-order valence-corrected chi connectivity index (χ3v) is 17.9. The second-order valence-corrected chi connectivity index (χ2v) is 19.8. The van der Waals surface area contributed by atoms with Crippen LogP contribution in [0.25, 0.3) is 11.1 Å². The number of fused-ring (bicyclic) bond motifs is 3. The van der Waals surface area contributed by atoms with Crippen LogP contribution in [-0.2, 0) is 0 Å². The van der Waals surface area contributed by atoms with Crippen molar-refractivity contribution in [1.29, 1.82) is 0 Å². The largest absolute Gasteiger partial charge is 0.244 e. The van der Waals surface area contributed by atoms with Crippen LogP contribution in [0, 0.1) is 0 Å². The molecule has 31 heavy (non-hydrogen) atoms. The maximum Gasteiger partial charge on any atom is 0.00438 e. The number of hydrogen-bond donors (Lipinski definition) is 0. The van der Waals surface area contributed by atoms with Gasteiger partial charge in [0.05, 0.1) is 0 Å². The van der Waals surface area contributed by atoms with E-state index in [9.17, 15) is 0 Å². The summed E-state index contributed by atoms with van der Waals surface area (Å²) in [7, 11) is -1.58. The number of hydrogen-bond acceptors (Lipinski definition) is 0. The summed E-state index contributed by atoms with van der Waals surface area (Å²) in [4.78, 5) is 3.30. The van der Waals surface area contributed by atoms with Gasteiger partial charge in [0.2, 0.25) is 0 Å². The zero-order valence-electron chi connectivity index (χ0n) is 21.2. The van der Waals surface area contributed by atoms with Gasteiger partial charge < -0.3 is 0 Å². The molecule has 1 atom stereocenters. The molecule has 0 saturated heterocycles. The summed E-state index contributed by atoms with van der Waals surface area (Å²) in [6, 6.07) is 16.9. The Morgan fingerprint density at radius 2 is 1.52 bits per heavy atom. The molecule has 1 fully saturated rings. The lowest BCUT2D eigenvalue weighted by atomic mass is 9.78. The van der Waals surface area contributed by atoms with E-state index in [0.717, 1.165) is 5.92 Å². The summed E-state index contributed by atoms with van der Waals surface area (Å²) < 4.78 is 0.896. The number of rotatable bonds is 5. The fourth-order valence-electron chi connectivity index (χ4n) is 6.05. The van der Waals surface area contributed by atoms with Gasteiger partial charge in [0.15, 0.2) is 0 Å². The third kappa shape index (κ3) is 3.43. The van der Waals surface area contributed by atoms with Crippen molar-refractivity contribution in [2.75, 3.05) is 25.0 Å². The maximum atomic E-state index is 2.67. The summed E-state index contributed by atoms with van der Waals surface area (Å²) >= 11 is 0. The van der Waals surface area contributed by atoms with E-state index in [1.807, 2.05) is 0 Å². The van der Waals surface area contributed by atoms with E-state index in [2.05, 4.69) is 95.2 Å². The topological polar surface area (TPSA) is 0 Å². The predicted octanol–water partition coefficient (Wildman–Crippen LogP) is 9.21. The quantitative estimate of drug-likeness (QED) is 0.420. The molecule has 0 spiro atoms. The minimum atomic E-state index is -1.07. The van der Waals surface area contributed by atoms with Crippen LogP contribution in [0.5, 0.6) is 0 Å². The van der Waals surface area contributed by atoms with Crippen molar-refractivity contribution < 1.29 is 0 Å². The SMILES string of the molecule is CCC(C)(CC)S1(C)c2ccccc2-c2ccc(C3CCC(C)(S(C)(C)C)CC3)cc21. The Kier molecular flexibility index (Phi) is 5.92. The fourth-order valence-corrected chi connectivity index (χ4v) is 11.9. The molecule has 2 aromatic rings. The average Bonchev–Trinajstić information content (AvgIpc) is 3.03. The molecule has 0 N–H and O–H groups in total. The molecule has 0 aromatic heterocycles. The van der Waals surface area contributed by atoms with Gasteiger partial charge in [-0.3, -0.25) is 0 Å². The molecule has 1 saturated carbocycles. The highest BCUT2D eigenvalue weighted by Crippen LogP contribution is 2.77. The molecule has 1 aliphatic heterocycles. The molecule has 0 bridgehead atoms. The molecule has 0 radical (unpaired) electrons. The molecule has 0 amide bonds. The van der Waals surface area contributed by atoms with Crippen LogP contribution in [0.2, 0.25) is 0 Å². The first-order chi connectivity index (χ1) is 14.5. The average molecular weight is 457 g/mol. The standard InChI is InChI=1S/C29H44S2/c1-9-28(3,10-2)31(8)26-14-12-11-13-24(26)25-16-15-23(21-27(25)31)22-17-19-29(4,20-18-22)30(5,6)7/h11-16,21-22H,9-10,17-20H2,1-8H3. The van der Waals surface area contributed by atoms with E-state index in [1.54, 1.807) is 15.4 Å². The Labute approximate surface area is 195 Å². The van der Waals surface area contributed by atoms with Gasteiger partial charge in [0.1, 0.15) is 0 Å². The predicted molar refractivity (Wildman–Crippen MR) is 146 cm³/mol. The second-order valence-electron chi connectivity index (χ2n) is 11.4. The van der Waals surface area contributed by atoms with Crippen molar-refractivity contribution in [1.82, 2.24) is 0 Å². The normalized spacial score (nSPS) is 30.9. The van der Waals surface area contributed by atoms with Gasteiger partial charge in [0.25, 0.3) is 0 Å². The lowest BCUT2D eigenvalue weighted by molar-refractivity contribution is 0.375. The van der Waals surface area contributed by atoms with Crippen LogP contribution in [0.15, 0.2) is 52.3 Å². The van der Waals surface area contributed by atoms with Crippen LogP contribution in [0.4, 0.5) is 0 Å². The second kappa shape index (κ2) is 7.87. The first-order valence-corrected chi connectivity index (χ1v) is 17.1. The summed E-state index contributed by atoms with van der Waals surface area (Å²) in [5.41, 5.74) is 4.64. The van der Waals surface area contributed by atoms with E-state index in [0.29, 0.717) is 9.49 Å². The Hall–Kier alpha value is -0.860. The van der Waals surface area contributed by atoms with Gasteiger partial charge in [-0.25, -0.2) is 10.0 Å². The first-order valence-electron chi connectivity index (χ1n) is 12.2. The van der Waals surface area contributed by atoms with Crippen molar-refractivity contribution in [3.63, 3.8) is 0 Å².